The number of benzene rings is 1. The molecule has 0 aliphatic carbocycles. The maximum absolute atomic E-state index is 12.5. The van der Waals surface area contributed by atoms with Crippen molar-refractivity contribution in [3.63, 3.8) is 0 Å². The van der Waals surface area contributed by atoms with Crippen LogP contribution >= 0.6 is 12.4 Å². The first-order chi connectivity index (χ1) is 12.5. The molecule has 2 aliphatic heterocycles. The second-order valence-electron chi connectivity index (χ2n) is 7.23. The summed E-state index contributed by atoms with van der Waals surface area (Å²) < 4.78 is 26.6. The smallest absolute Gasteiger partial charge is 0.243 e. The lowest BCUT2D eigenvalue weighted by atomic mass is 10.0. The van der Waals surface area contributed by atoms with E-state index in [1.54, 1.807) is 16.4 Å². The van der Waals surface area contributed by atoms with E-state index in [0.717, 1.165) is 44.2 Å². The van der Waals surface area contributed by atoms with Gasteiger partial charge in [0, 0.05) is 38.6 Å². The number of hydrogen-bond acceptors (Lipinski definition) is 4. The van der Waals surface area contributed by atoms with E-state index in [4.69, 9.17) is 5.73 Å². The van der Waals surface area contributed by atoms with Gasteiger partial charge in [0.2, 0.25) is 15.9 Å². The minimum atomic E-state index is -3.37. The molecule has 1 aromatic carbocycles. The number of carbonyl (C=O) groups excluding carboxylic acids is 1. The minimum Gasteiger partial charge on any atom is -0.338 e. The van der Waals surface area contributed by atoms with E-state index in [9.17, 15) is 13.2 Å². The predicted octanol–water partition coefficient (Wildman–Crippen LogP) is 2.17. The van der Waals surface area contributed by atoms with E-state index in [2.05, 4.69) is 0 Å². The first-order valence-corrected chi connectivity index (χ1v) is 11.0. The third-order valence-electron chi connectivity index (χ3n) is 5.47. The molecule has 2 N–H and O–H groups in total. The fraction of sp³-hybridized carbons (Fsp3) is 0.632. The molecule has 0 radical (unpaired) electrons. The Morgan fingerprint density at radius 1 is 1.04 bits per heavy atom. The molecule has 2 saturated heterocycles. The van der Waals surface area contributed by atoms with Gasteiger partial charge in [-0.1, -0.05) is 12.1 Å². The van der Waals surface area contributed by atoms with Crippen LogP contribution in [0.4, 0.5) is 0 Å². The SMILES string of the molecule is Cl.NCC1CCCCN1C(=O)CCc1ccc(S(=O)(=O)N2CCCC2)cc1. The summed E-state index contributed by atoms with van der Waals surface area (Å²) >= 11 is 0. The summed E-state index contributed by atoms with van der Waals surface area (Å²) in [6, 6.07) is 7.15. The van der Waals surface area contributed by atoms with Crippen LogP contribution in [-0.4, -0.2) is 55.8 Å². The Hall–Kier alpha value is -1.15. The number of hydrogen-bond donors (Lipinski definition) is 1. The van der Waals surface area contributed by atoms with Crippen molar-refractivity contribution in [2.45, 2.75) is 55.9 Å². The molecule has 1 unspecified atom stereocenters. The van der Waals surface area contributed by atoms with Gasteiger partial charge >= 0.3 is 0 Å². The fourth-order valence-electron chi connectivity index (χ4n) is 3.87. The van der Waals surface area contributed by atoms with Crippen LogP contribution < -0.4 is 5.73 Å². The molecular formula is C19H30ClN3O3S. The number of rotatable bonds is 6. The van der Waals surface area contributed by atoms with Crippen LogP contribution in [0.25, 0.3) is 0 Å². The molecule has 2 aliphatic rings. The molecular weight excluding hydrogens is 386 g/mol. The Morgan fingerprint density at radius 3 is 2.30 bits per heavy atom. The van der Waals surface area contributed by atoms with E-state index in [0.29, 0.717) is 37.4 Å². The molecule has 3 rings (SSSR count). The van der Waals surface area contributed by atoms with Crippen molar-refractivity contribution in [1.29, 1.82) is 0 Å². The molecule has 8 heteroatoms. The zero-order valence-electron chi connectivity index (χ0n) is 15.7. The lowest BCUT2D eigenvalue weighted by molar-refractivity contribution is -0.134. The van der Waals surface area contributed by atoms with Crippen molar-refractivity contribution < 1.29 is 13.2 Å². The van der Waals surface area contributed by atoms with E-state index in [1.165, 1.54) is 0 Å². The second kappa shape index (κ2) is 9.87. The molecule has 0 bridgehead atoms. The first kappa shape index (κ1) is 22.1. The number of nitrogens with two attached hydrogens (primary N) is 1. The highest BCUT2D eigenvalue weighted by molar-refractivity contribution is 7.89. The maximum atomic E-state index is 12.5. The van der Waals surface area contributed by atoms with Crippen LogP contribution in [0.15, 0.2) is 29.2 Å². The van der Waals surface area contributed by atoms with Gasteiger partial charge in [0.05, 0.1) is 4.90 Å². The van der Waals surface area contributed by atoms with Crippen molar-refractivity contribution in [2.24, 2.45) is 5.73 Å². The summed E-state index contributed by atoms with van der Waals surface area (Å²) in [4.78, 5) is 14.8. The summed E-state index contributed by atoms with van der Waals surface area (Å²) in [6.07, 6.45) is 6.10. The number of amides is 1. The van der Waals surface area contributed by atoms with Gasteiger partial charge in [0.25, 0.3) is 0 Å². The highest BCUT2D eigenvalue weighted by atomic mass is 35.5. The number of sulfonamides is 1. The highest BCUT2D eigenvalue weighted by Crippen LogP contribution is 2.22. The summed E-state index contributed by atoms with van der Waals surface area (Å²) in [6.45, 7) is 2.54. The van der Waals surface area contributed by atoms with E-state index < -0.39 is 10.0 Å². The molecule has 2 heterocycles. The second-order valence-corrected chi connectivity index (χ2v) is 9.17. The van der Waals surface area contributed by atoms with Crippen LogP contribution in [0.3, 0.4) is 0 Å². The van der Waals surface area contributed by atoms with Crippen molar-refractivity contribution in [3.8, 4) is 0 Å². The third kappa shape index (κ3) is 5.22. The largest absolute Gasteiger partial charge is 0.338 e. The number of halogens is 1. The average molecular weight is 416 g/mol. The first-order valence-electron chi connectivity index (χ1n) is 9.61. The fourth-order valence-corrected chi connectivity index (χ4v) is 5.39. The molecule has 152 valence electrons. The predicted molar refractivity (Wildman–Crippen MR) is 108 cm³/mol. The van der Waals surface area contributed by atoms with Gasteiger partial charge in [-0.15, -0.1) is 12.4 Å². The standard InChI is InChI=1S/C19H29N3O3S.ClH/c20-15-17-5-1-2-14-22(17)19(23)11-8-16-6-9-18(10-7-16)26(24,25)21-12-3-4-13-21;/h6-7,9-10,17H,1-5,8,11-15,20H2;1H. The third-order valence-corrected chi connectivity index (χ3v) is 7.39. The van der Waals surface area contributed by atoms with Crippen LogP contribution in [0, 0.1) is 0 Å². The van der Waals surface area contributed by atoms with E-state index in [1.807, 2.05) is 17.0 Å². The molecule has 1 amide bonds. The van der Waals surface area contributed by atoms with Crippen molar-refractivity contribution >= 4 is 28.3 Å². The lowest BCUT2D eigenvalue weighted by Gasteiger charge is -2.35. The van der Waals surface area contributed by atoms with Gasteiger partial charge in [0.1, 0.15) is 0 Å². The molecule has 1 atom stereocenters. The van der Waals surface area contributed by atoms with Crippen LogP contribution in [0.5, 0.6) is 0 Å². The van der Waals surface area contributed by atoms with Gasteiger partial charge < -0.3 is 10.6 Å². The maximum Gasteiger partial charge on any atom is 0.243 e. The van der Waals surface area contributed by atoms with Crippen molar-refractivity contribution in [1.82, 2.24) is 9.21 Å². The quantitative estimate of drug-likeness (QED) is 0.771. The number of piperidine rings is 1. The number of aryl methyl sites for hydroxylation is 1. The number of likely N-dealkylation sites (tertiary alicyclic amines) is 1. The molecule has 27 heavy (non-hydrogen) atoms. The van der Waals surface area contributed by atoms with Crippen LogP contribution in [0.1, 0.15) is 44.1 Å². The van der Waals surface area contributed by atoms with Crippen LogP contribution in [-0.2, 0) is 21.2 Å². The summed E-state index contributed by atoms with van der Waals surface area (Å²) in [5.74, 6) is 0.147. The summed E-state index contributed by atoms with van der Waals surface area (Å²) in [5.41, 5.74) is 6.78. The molecule has 0 saturated carbocycles. The Labute approximate surface area is 168 Å². The zero-order valence-corrected chi connectivity index (χ0v) is 17.3. The van der Waals surface area contributed by atoms with Gasteiger partial charge in [0.15, 0.2) is 0 Å². The summed E-state index contributed by atoms with van der Waals surface area (Å²) in [5, 5.41) is 0. The molecule has 0 aromatic heterocycles. The highest BCUT2D eigenvalue weighted by Gasteiger charge is 2.27. The molecule has 0 spiro atoms. The van der Waals surface area contributed by atoms with Crippen LogP contribution in [0.2, 0.25) is 0 Å². The Balaban J connectivity index is 0.00000261. The molecule has 6 nitrogen and oxygen atoms in total. The molecule has 1 aromatic rings. The number of nitrogens with zero attached hydrogens (tertiary/aromatic N) is 2. The van der Waals surface area contributed by atoms with E-state index >= 15 is 0 Å². The van der Waals surface area contributed by atoms with Gasteiger partial charge in [-0.05, 0) is 56.2 Å². The lowest BCUT2D eigenvalue weighted by Crippen LogP contribution is -2.47. The Morgan fingerprint density at radius 2 is 1.67 bits per heavy atom. The minimum absolute atomic E-state index is 0. The Bertz CT molecular complexity index is 718. The van der Waals surface area contributed by atoms with Crippen molar-refractivity contribution in [3.05, 3.63) is 29.8 Å². The summed E-state index contributed by atoms with van der Waals surface area (Å²) in [7, 11) is -3.37. The normalized spacial score (nSPS) is 21.1. The number of carbonyl (C=O) groups is 1. The van der Waals surface area contributed by atoms with E-state index in [-0.39, 0.29) is 24.4 Å². The topological polar surface area (TPSA) is 83.7 Å². The monoisotopic (exact) mass is 415 g/mol. The molecule has 2 fully saturated rings. The zero-order chi connectivity index (χ0) is 18.6. The van der Waals surface area contributed by atoms with Crippen molar-refractivity contribution in [2.75, 3.05) is 26.2 Å². The van der Waals surface area contributed by atoms with Gasteiger partial charge in [-0.25, -0.2) is 8.42 Å². The van der Waals surface area contributed by atoms with Gasteiger partial charge in [-0.2, -0.15) is 4.31 Å². The Kier molecular flexibility index (Phi) is 8.09. The average Bonchev–Trinajstić information content (AvgIpc) is 3.22. The van der Waals surface area contributed by atoms with Gasteiger partial charge in [-0.3, -0.25) is 4.79 Å².